The first kappa shape index (κ1) is 20.8. The molecule has 0 unspecified atom stereocenters. The van der Waals surface area contributed by atoms with E-state index in [1.807, 2.05) is 0 Å². The van der Waals surface area contributed by atoms with Gasteiger partial charge >= 0.3 is 0 Å². The average molecular weight is 391 g/mol. The molecule has 2 aliphatic heterocycles. The van der Waals surface area contributed by atoms with E-state index >= 15 is 0 Å². The molecular formula is C22H34N2O4. The van der Waals surface area contributed by atoms with Gasteiger partial charge in [0.2, 0.25) is 5.75 Å². The largest absolute Gasteiger partial charge is 0.493 e. The molecule has 2 aliphatic rings. The van der Waals surface area contributed by atoms with Crippen molar-refractivity contribution in [1.82, 2.24) is 9.80 Å². The number of methoxy groups -OCH3 is 3. The van der Waals surface area contributed by atoms with Gasteiger partial charge in [0.05, 0.1) is 21.3 Å². The molecule has 2 atom stereocenters. The van der Waals surface area contributed by atoms with Crippen LogP contribution in [0.25, 0.3) is 0 Å². The monoisotopic (exact) mass is 390 g/mol. The second-order valence-electron chi connectivity index (χ2n) is 7.94. The molecule has 3 rings (SSSR count). The van der Waals surface area contributed by atoms with Crippen molar-refractivity contribution in [3.8, 4) is 17.2 Å². The fraction of sp³-hybridized carbons (Fsp3) is 0.682. The molecule has 2 fully saturated rings. The normalized spacial score (nSPS) is 24.1. The Labute approximate surface area is 168 Å². The Morgan fingerprint density at radius 1 is 1.07 bits per heavy atom. The lowest BCUT2D eigenvalue weighted by Crippen LogP contribution is -2.51. The van der Waals surface area contributed by atoms with Crippen LogP contribution in [0, 0.1) is 0 Å². The number of carbonyl (C=O) groups excluding carboxylic acids is 1. The lowest BCUT2D eigenvalue weighted by molar-refractivity contribution is 0.0480. The van der Waals surface area contributed by atoms with E-state index in [2.05, 4.69) is 23.8 Å². The van der Waals surface area contributed by atoms with Crippen LogP contribution in [0.2, 0.25) is 0 Å². The first-order valence-electron chi connectivity index (χ1n) is 10.4. The van der Waals surface area contributed by atoms with Crippen molar-refractivity contribution < 1.29 is 19.0 Å². The molecule has 6 heteroatoms. The third kappa shape index (κ3) is 3.93. The number of benzene rings is 1. The van der Waals surface area contributed by atoms with Gasteiger partial charge in [0.1, 0.15) is 0 Å². The van der Waals surface area contributed by atoms with Crippen molar-refractivity contribution >= 4 is 5.91 Å². The number of ether oxygens (including phenoxy) is 3. The number of fused-ring (bicyclic) bond motifs is 2. The Balaban J connectivity index is 1.89. The van der Waals surface area contributed by atoms with Crippen LogP contribution in [0.15, 0.2) is 12.1 Å². The molecule has 0 saturated carbocycles. The van der Waals surface area contributed by atoms with Gasteiger partial charge in [-0.25, -0.2) is 0 Å². The summed E-state index contributed by atoms with van der Waals surface area (Å²) in [6.07, 6.45) is 6.70. The van der Waals surface area contributed by atoms with Crippen molar-refractivity contribution in [2.75, 3.05) is 34.9 Å². The Hall–Kier alpha value is -1.95. The molecule has 0 spiro atoms. The van der Waals surface area contributed by atoms with Crippen LogP contribution in [0.1, 0.15) is 55.8 Å². The van der Waals surface area contributed by atoms with Gasteiger partial charge in [-0.1, -0.05) is 13.3 Å². The number of piperidine rings is 1. The van der Waals surface area contributed by atoms with Crippen LogP contribution < -0.4 is 14.2 Å². The van der Waals surface area contributed by atoms with E-state index in [1.165, 1.54) is 12.8 Å². The highest BCUT2D eigenvalue weighted by atomic mass is 16.5. The maximum Gasteiger partial charge on any atom is 0.254 e. The molecule has 1 aromatic carbocycles. The fourth-order valence-electron chi connectivity index (χ4n) is 4.79. The lowest BCUT2D eigenvalue weighted by atomic mass is 9.95. The summed E-state index contributed by atoms with van der Waals surface area (Å²) in [4.78, 5) is 18.2. The van der Waals surface area contributed by atoms with E-state index in [4.69, 9.17) is 14.2 Å². The van der Waals surface area contributed by atoms with E-state index in [1.54, 1.807) is 33.5 Å². The molecule has 0 aromatic heterocycles. The second-order valence-corrected chi connectivity index (χ2v) is 7.94. The Kier molecular flexibility index (Phi) is 6.70. The molecule has 156 valence electrons. The highest BCUT2D eigenvalue weighted by Gasteiger charge is 2.41. The highest BCUT2D eigenvalue weighted by molar-refractivity contribution is 5.96. The van der Waals surface area contributed by atoms with E-state index in [9.17, 15) is 4.79 Å². The zero-order valence-electron chi connectivity index (χ0n) is 17.9. The maximum atomic E-state index is 13.6. The maximum absolute atomic E-state index is 13.6. The van der Waals surface area contributed by atoms with E-state index < -0.39 is 0 Å². The van der Waals surface area contributed by atoms with E-state index in [0.717, 1.165) is 32.2 Å². The summed E-state index contributed by atoms with van der Waals surface area (Å²) in [7, 11) is 6.96. The molecule has 0 aliphatic carbocycles. The smallest absolute Gasteiger partial charge is 0.254 e. The van der Waals surface area contributed by atoms with Crippen molar-refractivity contribution in [3.05, 3.63) is 17.7 Å². The van der Waals surface area contributed by atoms with Crippen LogP contribution in [0.3, 0.4) is 0 Å². The number of hydrogen-bond donors (Lipinski definition) is 0. The summed E-state index contributed by atoms with van der Waals surface area (Å²) in [5, 5.41) is 0. The molecule has 1 amide bonds. The molecule has 0 N–H and O–H groups in total. The number of hydrogen-bond acceptors (Lipinski definition) is 5. The zero-order chi connectivity index (χ0) is 20.3. The van der Waals surface area contributed by atoms with E-state index in [-0.39, 0.29) is 5.91 Å². The Morgan fingerprint density at radius 3 is 2.11 bits per heavy atom. The summed E-state index contributed by atoms with van der Waals surface area (Å²) >= 11 is 0. The SMILES string of the molecule is CCCCN(C(=O)c1cc(OC)c(OC)c(OC)c1)C1C[C@@H]2CC[C@@H](C1)N2C. The van der Waals surface area contributed by atoms with Crippen LogP contribution in [-0.4, -0.2) is 68.8 Å². The molecule has 2 heterocycles. The lowest BCUT2D eigenvalue weighted by Gasteiger charge is -2.42. The zero-order valence-corrected chi connectivity index (χ0v) is 17.9. The quantitative estimate of drug-likeness (QED) is 0.679. The number of nitrogens with zero attached hydrogens (tertiary/aromatic N) is 2. The second kappa shape index (κ2) is 9.03. The third-order valence-electron chi connectivity index (χ3n) is 6.44. The van der Waals surface area contributed by atoms with Gasteiger partial charge in [-0.15, -0.1) is 0 Å². The van der Waals surface area contributed by atoms with Gasteiger partial charge in [-0.2, -0.15) is 0 Å². The predicted molar refractivity (Wildman–Crippen MR) is 110 cm³/mol. The molecule has 28 heavy (non-hydrogen) atoms. The van der Waals surface area contributed by atoms with Gasteiger partial charge in [0.15, 0.2) is 11.5 Å². The summed E-state index contributed by atoms with van der Waals surface area (Å²) < 4.78 is 16.3. The van der Waals surface area contributed by atoms with Crippen LogP contribution in [0.5, 0.6) is 17.2 Å². The van der Waals surface area contributed by atoms with Gasteiger partial charge in [0.25, 0.3) is 5.91 Å². The highest BCUT2D eigenvalue weighted by Crippen LogP contribution is 2.40. The van der Waals surface area contributed by atoms with Crippen molar-refractivity contribution in [3.63, 3.8) is 0 Å². The molecule has 2 saturated heterocycles. The predicted octanol–water partition coefficient (Wildman–Crippen LogP) is 3.58. The van der Waals surface area contributed by atoms with Crippen LogP contribution in [0.4, 0.5) is 0 Å². The molecule has 0 radical (unpaired) electrons. The van der Waals surface area contributed by atoms with Gasteiger partial charge in [-0.3, -0.25) is 4.79 Å². The first-order chi connectivity index (χ1) is 13.5. The minimum atomic E-state index is 0.0571. The molecule has 6 nitrogen and oxygen atoms in total. The number of rotatable bonds is 8. The van der Waals surface area contributed by atoms with Gasteiger partial charge in [0, 0.05) is 30.2 Å². The van der Waals surface area contributed by atoms with Crippen LogP contribution >= 0.6 is 0 Å². The minimum Gasteiger partial charge on any atom is -0.493 e. The standard InChI is InChI=1S/C22H34N2O4/c1-6-7-10-24(18-13-16-8-9-17(14-18)23(16)2)22(25)15-11-19(26-3)21(28-5)20(12-15)27-4/h11-12,16-18H,6-10,13-14H2,1-5H3/t16-,17-/m0/s1. The van der Waals surface area contributed by atoms with Gasteiger partial charge in [-0.05, 0) is 51.3 Å². The summed E-state index contributed by atoms with van der Waals surface area (Å²) in [5.74, 6) is 1.61. The molecule has 2 bridgehead atoms. The van der Waals surface area contributed by atoms with Crippen molar-refractivity contribution in [2.45, 2.75) is 63.6 Å². The first-order valence-corrected chi connectivity index (χ1v) is 10.4. The summed E-state index contributed by atoms with van der Waals surface area (Å²) in [6.45, 7) is 2.96. The summed E-state index contributed by atoms with van der Waals surface area (Å²) in [6, 6.07) is 5.03. The Morgan fingerprint density at radius 2 is 1.64 bits per heavy atom. The van der Waals surface area contributed by atoms with Crippen molar-refractivity contribution in [1.29, 1.82) is 0 Å². The number of carbonyl (C=O) groups is 1. The average Bonchev–Trinajstić information content (AvgIpc) is 2.93. The number of amides is 1. The van der Waals surface area contributed by atoms with Gasteiger partial charge < -0.3 is 24.0 Å². The Bertz CT molecular complexity index is 654. The summed E-state index contributed by atoms with van der Waals surface area (Å²) in [5.41, 5.74) is 0.594. The fourth-order valence-corrected chi connectivity index (χ4v) is 4.79. The molecule has 1 aromatic rings. The third-order valence-corrected chi connectivity index (χ3v) is 6.44. The molecular weight excluding hydrogens is 356 g/mol. The number of unbranched alkanes of at least 4 members (excludes halogenated alkanes) is 1. The van der Waals surface area contributed by atoms with Crippen LogP contribution in [-0.2, 0) is 0 Å². The topological polar surface area (TPSA) is 51.2 Å². The minimum absolute atomic E-state index is 0.0571. The van der Waals surface area contributed by atoms with Crippen molar-refractivity contribution in [2.24, 2.45) is 0 Å². The van der Waals surface area contributed by atoms with E-state index in [0.29, 0.717) is 40.9 Å².